The van der Waals surface area contributed by atoms with Gasteiger partial charge in [0.15, 0.2) is 0 Å². The maximum atomic E-state index is 7.39. The molecule has 3 N–H and O–H groups in total. The SMILES string of the molecule is CCC(CC)n1ccc(CN(CCC(=N)N)CC(C)C)n1. The highest BCUT2D eigenvalue weighted by atomic mass is 15.3. The van der Waals surface area contributed by atoms with E-state index in [4.69, 9.17) is 16.2 Å². The van der Waals surface area contributed by atoms with Crippen LogP contribution in [-0.2, 0) is 6.54 Å². The zero-order valence-corrected chi connectivity index (χ0v) is 14.0. The summed E-state index contributed by atoms with van der Waals surface area (Å²) in [6.45, 7) is 11.5. The van der Waals surface area contributed by atoms with E-state index in [-0.39, 0.29) is 5.84 Å². The van der Waals surface area contributed by atoms with Crippen LogP contribution in [0.15, 0.2) is 12.3 Å². The van der Waals surface area contributed by atoms with E-state index in [9.17, 15) is 0 Å². The topological polar surface area (TPSA) is 70.9 Å². The van der Waals surface area contributed by atoms with Crippen LogP contribution in [-0.4, -0.2) is 33.6 Å². The Hall–Kier alpha value is -1.36. The van der Waals surface area contributed by atoms with E-state index < -0.39 is 0 Å². The van der Waals surface area contributed by atoms with Crippen LogP contribution in [0, 0.1) is 11.3 Å². The smallest absolute Gasteiger partial charge is 0.0918 e. The summed E-state index contributed by atoms with van der Waals surface area (Å²) in [7, 11) is 0. The number of aromatic nitrogens is 2. The predicted octanol–water partition coefficient (Wildman–Crippen LogP) is 3.03. The van der Waals surface area contributed by atoms with Gasteiger partial charge < -0.3 is 5.73 Å². The lowest BCUT2D eigenvalue weighted by Crippen LogP contribution is -2.31. The highest BCUT2D eigenvalue weighted by Crippen LogP contribution is 2.15. The van der Waals surface area contributed by atoms with Crippen molar-refractivity contribution < 1.29 is 0 Å². The van der Waals surface area contributed by atoms with E-state index in [0.29, 0.717) is 18.4 Å². The molecule has 0 aliphatic rings. The number of nitrogens with zero attached hydrogens (tertiary/aromatic N) is 3. The van der Waals surface area contributed by atoms with E-state index in [0.717, 1.165) is 38.2 Å². The third-order valence-corrected chi connectivity index (χ3v) is 3.69. The van der Waals surface area contributed by atoms with Crippen LogP contribution in [0.25, 0.3) is 0 Å². The summed E-state index contributed by atoms with van der Waals surface area (Å²) in [6, 6.07) is 2.61. The maximum Gasteiger partial charge on any atom is 0.0918 e. The Balaban J connectivity index is 2.66. The van der Waals surface area contributed by atoms with Crippen molar-refractivity contribution in [2.75, 3.05) is 13.1 Å². The minimum atomic E-state index is 0.256. The molecule has 1 heterocycles. The molecule has 0 aliphatic heterocycles. The zero-order valence-electron chi connectivity index (χ0n) is 14.0. The molecule has 0 saturated heterocycles. The summed E-state index contributed by atoms with van der Waals surface area (Å²) < 4.78 is 2.09. The van der Waals surface area contributed by atoms with Crippen LogP contribution in [0.5, 0.6) is 0 Å². The van der Waals surface area contributed by atoms with Crippen molar-refractivity contribution in [1.82, 2.24) is 14.7 Å². The van der Waals surface area contributed by atoms with Crippen molar-refractivity contribution in [2.24, 2.45) is 11.7 Å². The number of hydrogen-bond acceptors (Lipinski definition) is 3. The number of hydrogen-bond donors (Lipinski definition) is 2. The van der Waals surface area contributed by atoms with Gasteiger partial charge in [-0.1, -0.05) is 27.7 Å². The lowest BCUT2D eigenvalue weighted by atomic mass is 10.2. The molecule has 1 aromatic rings. The standard InChI is InChI=1S/C16H31N5/c1-5-15(6-2)21-10-7-14(19-21)12-20(11-13(3)4)9-8-16(17)18/h7,10,13,15H,5-6,8-9,11-12H2,1-4H3,(H3,17,18). The molecular weight excluding hydrogens is 262 g/mol. The van der Waals surface area contributed by atoms with Gasteiger partial charge in [-0.25, -0.2) is 0 Å². The van der Waals surface area contributed by atoms with Gasteiger partial charge in [0.1, 0.15) is 0 Å². The fraction of sp³-hybridized carbons (Fsp3) is 0.750. The molecule has 0 amide bonds. The quantitative estimate of drug-likeness (QED) is 0.514. The first-order valence-corrected chi connectivity index (χ1v) is 8.05. The molecule has 1 aromatic heterocycles. The lowest BCUT2D eigenvalue weighted by Gasteiger charge is -2.23. The average Bonchev–Trinajstić information content (AvgIpc) is 2.85. The first-order chi connectivity index (χ1) is 9.96. The van der Waals surface area contributed by atoms with Gasteiger partial charge in [0, 0.05) is 32.3 Å². The Bertz CT molecular complexity index is 420. The van der Waals surface area contributed by atoms with Crippen LogP contribution < -0.4 is 5.73 Å². The molecule has 5 nitrogen and oxygen atoms in total. The van der Waals surface area contributed by atoms with Crippen LogP contribution in [0.2, 0.25) is 0 Å². The Labute approximate surface area is 129 Å². The zero-order chi connectivity index (χ0) is 15.8. The number of nitrogens with one attached hydrogen (secondary N) is 1. The van der Waals surface area contributed by atoms with E-state index in [2.05, 4.69) is 49.5 Å². The maximum absolute atomic E-state index is 7.39. The molecule has 5 heteroatoms. The van der Waals surface area contributed by atoms with Crippen LogP contribution in [0.3, 0.4) is 0 Å². The number of amidine groups is 1. The van der Waals surface area contributed by atoms with Crippen LogP contribution >= 0.6 is 0 Å². The van der Waals surface area contributed by atoms with E-state index >= 15 is 0 Å². The highest BCUT2D eigenvalue weighted by Gasteiger charge is 2.12. The first kappa shape index (κ1) is 17.7. The Morgan fingerprint density at radius 1 is 1.38 bits per heavy atom. The van der Waals surface area contributed by atoms with Gasteiger partial charge in [-0.3, -0.25) is 15.0 Å². The largest absolute Gasteiger partial charge is 0.388 e. The fourth-order valence-electron chi connectivity index (χ4n) is 2.59. The second-order valence-electron chi connectivity index (χ2n) is 6.16. The van der Waals surface area contributed by atoms with Crippen molar-refractivity contribution >= 4 is 5.84 Å². The molecule has 21 heavy (non-hydrogen) atoms. The molecule has 1 rings (SSSR count). The van der Waals surface area contributed by atoms with Crippen molar-refractivity contribution in [3.8, 4) is 0 Å². The van der Waals surface area contributed by atoms with E-state index in [1.807, 2.05) is 0 Å². The van der Waals surface area contributed by atoms with Crippen molar-refractivity contribution in [2.45, 2.75) is 59.5 Å². The normalized spacial score (nSPS) is 11.8. The summed E-state index contributed by atoms with van der Waals surface area (Å²) in [5, 5.41) is 12.1. The summed E-state index contributed by atoms with van der Waals surface area (Å²) in [5.41, 5.74) is 6.58. The fourth-order valence-corrected chi connectivity index (χ4v) is 2.59. The van der Waals surface area contributed by atoms with E-state index in [1.54, 1.807) is 0 Å². The first-order valence-electron chi connectivity index (χ1n) is 8.05. The third-order valence-electron chi connectivity index (χ3n) is 3.69. The van der Waals surface area contributed by atoms with Gasteiger partial charge in [0.05, 0.1) is 17.6 Å². The van der Waals surface area contributed by atoms with Crippen LogP contribution in [0.1, 0.15) is 58.7 Å². The van der Waals surface area contributed by atoms with Gasteiger partial charge in [-0.15, -0.1) is 0 Å². The highest BCUT2D eigenvalue weighted by molar-refractivity contribution is 5.76. The summed E-state index contributed by atoms with van der Waals surface area (Å²) in [4.78, 5) is 2.34. The summed E-state index contributed by atoms with van der Waals surface area (Å²) >= 11 is 0. The minimum absolute atomic E-state index is 0.256. The molecule has 0 atom stereocenters. The van der Waals surface area contributed by atoms with Crippen molar-refractivity contribution in [3.63, 3.8) is 0 Å². The number of rotatable bonds is 10. The predicted molar refractivity (Wildman–Crippen MR) is 88.5 cm³/mol. The summed E-state index contributed by atoms with van der Waals surface area (Å²) in [6.07, 6.45) is 4.93. The van der Waals surface area contributed by atoms with Crippen molar-refractivity contribution in [3.05, 3.63) is 18.0 Å². The van der Waals surface area contributed by atoms with Gasteiger partial charge in [0.25, 0.3) is 0 Å². The van der Waals surface area contributed by atoms with Gasteiger partial charge >= 0.3 is 0 Å². The molecule has 0 aromatic carbocycles. The molecule has 0 aliphatic carbocycles. The Kier molecular flexibility index (Phi) is 7.43. The van der Waals surface area contributed by atoms with Gasteiger partial charge in [-0.2, -0.15) is 5.10 Å². The third kappa shape index (κ3) is 6.29. The Morgan fingerprint density at radius 2 is 2.05 bits per heavy atom. The molecule has 0 spiro atoms. The molecule has 0 saturated carbocycles. The molecule has 120 valence electrons. The van der Waals surface area contributed by atoms with Crippen LogP contribution in [0.4, 0.5) is 0 Å². The molecule has 0 radical (unpaired) electrons. The lowest BCUT2D eigenvalue weighted by molar-refractivity contribution is 0.238. The minimum Gasteiger partial charge on any atom is -0.388 e. The average molecular weight is 293 g/mol. The van der Waals surface area contributed by atoms with Gasteiger partial charge in [0.2, 0.25) is 0 Å². The van der Waals surface area contributed by atoms with Crippen molar-refractivity contribution in [1.29, 1.82) is 5.41 Å². The molecule has 0 fully saturated rings. The summed E-state index contributed by atoms with van der Waals surface area (Å²) in [5.74, 6) is 0.851. The molecule has 0 unspecified atom stereocenters. The molecule has 0 bridgehead atoms. The second-order valence-corrected chi connectivity index (χ2v) is 6.16. The molecular formula is C16H31N5. The monoisotopic (exact) mass is 293 g/mol. The second kappa shape index (κ2) is 8.82. The Morgan fingerprint density at radius 3 is 2.57 bits per heavy atom. The number of nitrogens with two attached hydrogens (primary N) is 1. The van der Waals surface area contributed by atoms with E-state index in [1.165, 1.54) is 0 Å². The van der Waals surface area contributed by atoms with Gasteiger partial charge in [-0.05, 0) is 24.8 Å².